The van der Waals surface area contributed by atoms with Gasteiger partial charge in [-0.05, 0) is 61.2 Å². The van der Waals surface area contributed by atoms with E-state index in [9.17, 15) is 9.18 Å². The summed E-state index contributed by atoms with van der Waals surface area (Å²) in [6.45, 7) is 2.74. The van der Waals surface area contributed by atoms with Gasteiger partial charge in [-0.1, -0.05) is 30.3 Å². The largest absolute Gasteiger partial charge is 0.342 e. The van der Waals surface area contributed by atoms with Crippen LogP contribution in [0.5, 0.6) is 0 Å². The molecule has 1 fully saturated rings. The van der Waals surface area contributed by atoms with Gasteiger partial charge in [0.05, 0.1) is 22.8 Å². The molecule has 5 nitrogen and oxygen atoms in total. The Morgan fingerprint density at radius 2 is 1.94 bits per heavy atom. The van der Waals surface area contributed by atoms with Crippen molar-refractivity contribution in [3.63, 3.8) is 0 Å². The molecule has 1 N–H and O–H groups in total. The first-order valence-electron chi connectivity index (χ1n) is 11.0. The molecule has 0 saturated carbocycles. The maximum absolute atomic E-state index is 13.4. The summed E-state index contributed by atoms with van der Waals surface area (Å²) < 4.78 is 13.4. The number of hydrogen-bond acceptors (Lipinski definition) is 3. The lowest BCUT2D eigenvalue weighted by Crippen LogP contribution is -2.31. The van der Waals surface area contributed by atoms with Crippen LogP contribution in [0.1, 0.15) is 42.5 Å². The SMILES string of the molecule is Cc1cc(-c2ccccc2)cc([C@@H]2CCCN2C(=O)CCc2nc3ccc(F)cc3[nH]2)n1. The van der Waals surface area contributed by atoms with E-state index in [1.54, 1.807) is 6.07 Å². The van der Waals surface area contributed by atoms with E-state index in [2.05, 4.69) is 34.2 Å². The normalized spacial score (nSPS) is 16.1. The van der Waals surface area contributed by atoms with Crippen LogP contribution in [-0.2, 0) is 11.2 Å². The van der Waals surface area contributed by atoms with Gasteiger partial charge in [-0.2, -0.15) is 0 Å². The fourth-order valence-electron chi connectivity index (χ4n) is 4.56. The Kier molecular flexibility index (Phi) is 5.43. The molecule has 0 bridgehead atoms. The van der Waals surface area contributed by atoms with Gasteiger partial charge in [0.25, 0.3) is 0 Å². The first-order valence-corrected chi connectivity index (χ1v) is 11.0. The van der Waals surface area contributed by atoms with Gasteiger partial charge in [-0.3, -0.25) is 9.78 Å². The van der Waals surface area contributed by atoms with Crippen molar-refractivity contribution in [2.75, 3.05) is 6.54 Å². The highest BCUT2D eigenvalue weighted by molar-refractivity contribution is 5.78. The Hall–Kier alpha value is -3.54. The van der Waals surface area contributed by atoms with Crippen molar-refractivity contribution in [2.24, 2.45) is 0 Å². The smallest absolute Gasteiger partial charge is 0.223 e. The second-order valence-electron chi connectivity index (χ2n) is 8.38. The molecule has 5 rings (SSSR count). The molecule has 3 heterocycles. The van der Waals surface area contributed by atoms with Crippen molar-refractivity contribution in [3.8, 4) is 11.1 Å². The molecular formula is C26H25FN4O. The minimum atomic E-state index is -0.302. The molecule has 1 saturated heterocycles. The van der Waals surface area contributed by atoms with Gasteiger partial charge in [0.2, 0.25) is 5.91 Å². The summed E-state index contributed by atoms with van der Waals surface area (Å²) in [6.07, 6.45) is 2.74. The molecule has 1 aliphatic rings. The molecule has 0 spiro atoms. The summed E-state index contributed by atoms with van der Waals surface area (Å²) >= 11 is 0. The summed E-state index contributed by atoms with van der Waals surface area (Å²) in [4.78, 5) is 27.5. The number of nitrogens with zero attached hydrogens (tertiary/aromatic N) is 3. The minimum absolute atomic E-state index is 0.00497. The van der Waals surface area contributed by atoms with Gasteiger partial charge in [0, 0.05) is 25.1 Å². The maximum atomic E-state index is 13.4. The number of carbonyl (C=O) groups excluding carboxylic acids is 1. The van der Waals surface area contributed by atoms with E-state index < -0.39 is 0 Å². The van der Waals surface area contributed by atoms with Crippen molar-refractivity contribution in [1.29, 1.82) is 0 Å². The molecule has 162 valence electrons. The number of halogens is 1. The fourth-order valence-corrected chi connectivity index (χ4v) is 4.56. The second kappa shape index (κ2) is 8.54. The Labute approximate surface area is 186 Å². The van der Waals surface area contributed by atoms with Crippen LogP contribution in [0.2, 0.25) is 0 Å². The Balaban J connectivity index is 1.32. The van der Waals surface area contributed by atoms with Crippen LogP contribution in [0.15, 0.2) is 60.7 Å². The molecule has 1 aliphatic heterocycles. The van der Waals surface area contributed by atoms with Crippen molar-refractivity contribution in [1.82, 2.24) is 19.9 Å². The summed E-state index contributed by atoms with van der Waals surface area (Å²) in [5, 5.41) is 0. The molecular weight excluding hydrogens is 403 g/mol. The lowest BCUT2D eigenvalue weighted by Gasteiger charge is -2.25. The molecule has 1 atom stereocenters. The van der Waals surface area contributed by atoms with Crippen molar-refractivity contribution >= 4 is 16.9 Å². The molecule has 2 aromatic heterocycles. The van der Waals surface area contributed by atoms with Gasteiger partial charge in [-0.25, -0.2) is 9.37 Å². The number of aromatic nitrogens is 3. The molecule has 0 unspecified atom stereocenters. The number of rotatable bonds is 5. The van der Waals surface area contributed by atoms with E-state index in [1.165, 1.54) is 12.1 Å². The number of benzene rings is 2. The van der Waals surface area contributed by atoms with Gasteiger partial charge in [0.15, 0.2) is 0 Å². The standard InChI is InChI=1S/C26H25FN4O/c1-17-14-19(18-6-3-2-4-7-18)15-23(28-17)24-8-5-13-31(24)26(32)12-11-25-29-21-10-9-20(27)16-22(21)30-25/h2-4,6-7,9-10,14-16,24H,5,8,11-13H2,1H3,(H,29,30)/t24-/m0/s1. The molecule has 32 heavy (non-hydrogen) atoms. The van der Waals surface area contributed by atoms with Gasteiger partial charge in [-0.15, -0.1) is 0 Å². The van der Waals surface area contributed by atoms with Crippen LogP contribution in [0, 0.1) is 12.7 Å². The molecule has 4 aromatic rings. The summed E-state index contributed by atoms with van der Waals surface area (Å²) in [5.74, 6) is 0.502. The molecule has 1 amide bonds. The summed E-state index contributed by atoms with van der Waals surface area (Å²) in [6, 6.07) is 18.9. The number of carbonyl (C=O) groups is 1. The summed E-state index contributed by atoms with van der Waals surface area (Å²) in [7, 11) is 0. The van der Waals surface area contributed by atoms with E-state index in [-0.39, 0.29) is 17.8 Å². The third-order valence-corrected chi connectivity index (χ3v) is 6.06. The number of likely N-dealkylation sites (tertiary alicyclic amines) is 1. The number of imidazole rings is 1. The predicted molar refractivity (Wildman–Crippen MR) is 122 cm³/mol. The third kappa shape index (κ3) is 4.13. The van der Waals surface area contributed by atoms with Crippen molar-refractivity contribution in [2.45, 2.75) is 38.6 Å². The van der Waals surface area contributed by atoms with Gasteiger partial charge in [0.1, 0.15) is 11.6 Å². The zero-order chi connectivity index (χ0) is 22.1. The Bertz CT molecular complexity index is 1270. The van der Waals surface area contributed by atoms with Crippen molar-refractivity contribution < 1.29 is 9.18 Å². The highest BCUT2D eigenvalue weighted by Crippen LogP contribution is 2.34. The van der Waals surface area contributed by atoms with E-state index in [1.807, 2.05) is 30.0 Å². The van der Waals surface area contributed by atoms with Crippen LogP contribution >= 0.6 is 0 Å². The zero-order valence-corrected chi connectivity index (χ0v) is 18.0. The van der Waals surface area contributed by atoms with E-state index >= 15 is 0 Å². The first-order chi connectivity index (χ1) is 15.6. The number of pyridine rings is 1. The number of nitrogens with one attached hydrogen (secondary N) is 1. The minimum Gasteiger partial charge on any atom is -0.342 e. The van der Waals surface area contributed by atoms with Crippen LogP contribution in [0.3, 0.4) is 0 Å². The zero-order valence-electron chi connectivity index (χ0n) is 18.0. The number of aromatic amines is 1. The summed E-state index contributed by atoms with van der Waals surface area (Å²) in [5.41, 5.74) is 5.55. The monoisotopic (exact) mass is 428 g/mol. The Morgan fingerprint density at radius 1 is 1.09 bits per heavy atom. The van der Waals surface area contributed by atoms with E-state index in [0.29, 0.717) is 29.7 Å². The van der Waals surface area contributed by atoms with Gasteiger partial charge < -0.3 is 9.88 Å². The second-order valence-corrected chi connectivity index (χ2v) is 8.38. The van der Waals surface area contributed by atoms with Crippen molar-refractivity contribution in [3.05, 3.63) is 83.7 Å². The highest BCUT2D eigenvalue weighted by atomic mass is 19.1. The predicted octanol–water partition coefficient (Wildman–Crippen LogP) is 5.37. The number of H-pyrrole nitrogens is 1. The average Bonchev–Trinajstić information content (AvgIpc) is 3.44. The molecule has 0 radical (unpaired) electrons. The van der Waals surface area contributed by atoms with E-state index in [4.69, 9.17) is 4.98 Å². The number of aryl methyl sites for hydroxylation is 2. The third-order valence-electron chi connectivity index (χ3n) is 6.06. The van der Waals surface area contributed by atoms with Crippen LogP contribution in [0.25, 0.3) is 22.2 Å². The lowest BCUT2D eigenvalue weighted by atomic mass is 10.0. The lowest BCUT2D eigenvalue weighted by molar-refractivity contribution is -0.132. The number of amides is 1. The molecule has 2 aromatic carbocycles. The quantitative estimate of drug-likeness (QED) is 0.465. The van der Waals surface area contributed by atoms with Crippen LogP contribution in [-0.4, -0.2) is 32.3 Å². The number of hydrogen-bond donors (Lipinski definition) is 1. The Morgan fingerprint density at radius 3 is 2.78 bits per heavy atom. The number of fused-ring (bicyclic) bond motifs is 1. The van der Waals surface area contributed by atoms with E-state index in [0.717, 1.165) is 41.9 Å². The fraction of sp³-hybridized carbons (Fsp3) is 0.269. The topological polar surface area (TPSA) is 61.9 Å². The molecule has 0 aliphatic carbocycles. The molecule has 6 heteroatoms. The first kappa shape index (κ1) is 20.4. The van der Waals surface area contributed by atoms with Gasteiger partial charge >= 0.3 is 0 Å². The van der Waals surface area contributed by atoms with Crippen LogP contribution < -0.4 is 0 Å². The maximum Gasteiger partial charge on any atom is 0.223 e. The van der Waals surface area contributed by atoms with Crippen LogP contribution in [0.4, 0.5) is 4.39 Å². The average molecular weight is 429 g/mol. The highest BCUT2D eigenvalue weighted by Gasteiger charge is 2.31.